The van der Waals surface area contributed by atoms with Crippen molar-refractivity contribution in [2.24, 2.45) is 5.92 Å². The van der Waals surface area contributed by atoms with Crippen LogP contribution in [0, 0.1) is 12.8 Å². The van der Waals surface area contributed by atoms with Gasteiger partial charge < -0.3 is 4.90 Å². The number of rotatable bonds is 8. The molecule has 2 aromatic carbocycles. The second kappa shape index (κ2) is 10.7. The highest BCUT2D eigenvalue weighted by atomic mass is 35.5. The zero-order chi connectivity index (χ0) is 24.2. The Morgan fingerprint density at radius 1 is 1.15 bits per heavy atom. The fraction of sp³-hybridized carbons (Fsp3) is 0.464. The van der Waals surface area contributed by atoms with Gasteiger partial charge in [0.05, 0.1) is 22.6 Å². The van der Waals surface area contributed by atoms with E-state index >= 15 is 0 Å². The maximum Gasteiger partial charge on any atom is 0.266 e. The molecular weight excluding hydrogens is 446 g/mol. The molecule has 0 spiro atoms. The molecule has 1 amide bonds. The fourth-order valence-corrected chi connectivity index (χ4v) is 5.14. The van der Waals surface area contributed by atoms with Crippen LogP contribution in [0.5, 0.6) is 0 Å². The lowest BCUT2D eigenvalue weighted by molar-refractivity contribution is -0.137. The summed E-state index contributed by atoms with van der Waals surface area (Å²) in [4.78, 5) is 34.3. The number of amides is 1. The smallest absolute Gasteiger partial charge is 0.266 e. The van der Waals surface area contributed by atoms with Crippen molar-refractivity contribution in [3.63, 3.8) is 0 Å². The zero-order valence-electron chi connectivity index (χ0n) is 20.4. The highest BCUT2D eigenvalue weighted by molar-refractivity contribution is 6.31. The molecule has 0 saturated heterocycles. The number of nitrogens with zero attached hydrogens (tertiary/aromatic N) is 3. The molecule has 0 N–H and O–H groups in total. The van der Waals surface area contributed by atoms with Gasteiger partial charge in [0.15, 0.2) is 0 Å². The molecule has 1 aliphatic carbocycles. The third kappa shape index (κ3) is 5.05. The number of halogens is 1. The number of hydrogen-bond acceptors (Lipinski definition) is 3. The van der Waals surface area contributed by atoms with Crippen LogP contribution in [-0.2, 0) is 4.79 Å². The van der Waals surface area contributed by atoms with E-state index < -0.39 is 0 Å². The Labute approximate surface area is 206 Å². The van der Waals surface area contributed by atoms with Gasteiger partial charge in [-0.25, -0.2) is 4.98 Å². The summed E-state index contributed by atoms with van der Waals surface area (Å²) in [6.07, 6.45) is 7.19. The van der Waals surface area contributed by atoms with Crippen LogP contribution in [0.2, 0.25) is 5.02 Å². The molecule has 3 aromatic rings. The third-order valence-electron chi connectivity index (χ3n) is 6.98. The molecule has 1 atom stereocenters. The Bertz CT molecular complexity index is 1210. The van der Waals surface area contributed by atoms with Crippen molar-refractivity contribution in [2.45, 2.75) is 71.8 Å². The van der Waals surface area contributed by atoms with Gasteiger partial charge in [0, 0.05) is 17.5 Å². The highest BCUT2D eigenvalue weighted by Crippen LogP contribution is 2.31. The standard InChI is InChI=1S/C28H34ClN3O2/c1-4-5-8-17-31(27(33)21-9-6-7-10-21)20(3)26-30-25-18-22(29)13-16-24(25)28(34)32(26)23-14-11-19(2)12-15-23/h11-16,18,20-21H,4-10,17H2,1-3H3. The quantitative estimate of drug-likeness (QED) is 0.341. The molecule has 1 aliphatic rings. The summed E-state index contributed by atoms with van der Waals surface area (Å²) < 4.78 is 1.68. The molecule has 5 nitrogen and oxygen atoms in total. The Morgan fingerprint density at radius 3 is 2.53 bits per heavy atom. The summed E-state index contributed by atoms with van der Waals surface area (Å²) in [5, 5.41) is 1.05. The first-order valence-electron chi connectivity index (χ1n) is 12.5. The maximum atomic E-state index is 13.7. The van der Waals surface area contributed by atoms with Gasteiger partial charge in [-0.1, -0.05) is 61.9 Å². The molecule has 4 rings (SSSR count). The van der Waals surface area contributed by atoms with Crippen molar-refractivity contribution in [1.29, 1.82) is 0 Å². The van der Waals surface area contributed by atoms with E-state index in [1.165, 1.54) is 0 Å². The Morgan fingerprint density at radius 2 is 1.85 bits per heavy atom. The van der Waals surface area contributed by atoms with E-state index in [2.05, 4.69) is 6.92 Å². The van der Waals surface area contributed by atoms with Crippen LogP contribution in [0.4, 0.5) is 0 Å². The minimum Gasteiger partial charge on any atom is -0.333 e. The zero-order valence-corrected chi connectivity index (χ0v) is 21.1. The van der Waals surface area contributed by atoms with E-state index in [4.69, 9.17) is 16.6 Å². The van der Waals surface area contributed by atoms with Gasteiger partial charge in [-0.15, -0.1) is 0 Å². The summed E-state index contributed by atoms with van der Waals surface area (Å²) >= 11 is 6.25. The molecule has 0 aliphatic heterocycles. The summed E-state index contributed by atoms with van der Waals surface area (Å²) in [7, 11) is 0. The van der Waals surface area contributed by atoms with Crippen molar-refractivity contribution in [2.75, 3.05) is 6.54 Å². The van der Waals surface area contributed by atoms with Gasteiger partial charge in [-0.3, -0.25) is 14.2 Å². The largest absolute Gasteiger partial charge is 0.333 e. The van der Waals surface area contributed by atoms with Crippen LogP contribution in [0.15, 0.2) is 47.3 Å². The third-order valence-corrected chi connectivity index (χ3v) is 7.22. The Kier molecular flexibility index (Phi) is 7.72. The number of benzene rings is 2. The first kappa shape index (κ1) is 24.5. The summed E-state index contributed by atoms with van der Waals surface area (Å²) in [6, 6.07) is 12.7. The molecule has 1 unspecified atom stereocenters. The number of hydrogen-bond donors (Lipinski definition) is 0. The van der Waals surface area contributed by atoms with Crippen molar-refractivity contribution in [3.8, 4) is 5.69 Å². The number of carbonyl (C=O) groups is 1. The lowest BCUT2D eigenvalue weighted by Crippen LogP contribution is -2.40. The molecule has 0 radical (unpaired) electrons. The summed E-state index contributed by atoms with van der Waals surface area (Å²) in [5.41, 5.74) is 2.28. The van der Waals surface area contributed by atoms with Crippen LogP contribution in [0.3, 0.4) is 0 Å². The Hall–Kier alpha value is -2.66. The van der Waals surface area contributed by atoms with Gasteiger partial charge in [0.25, 0.3) is 5.56 Å². The molecule has 6 heteroatoms. The maximum absolute atomic E-state index is 13.7. The lowest BCUT2D eigenvalue weighted by atomic mass is 10.0. The van der Waals surface area contributed by atoms with Crippen LogP contribution in [0.1, 0.15) is 76.2 Å². The number of aryl methyl sites for hydroxylation is 1. The number of carbonyl (C=O) groups excluding carboxylic acids is 1. The van der Waals surface area contributed by atoms with E-state index in [-0.39, 0.29) is 23.4 Å². The van der Waals surface area contributed by atoms with E-state index in [0.717, 1.165) is 56.2 Å². The first-order chi connectivity index (χ1) is 16.4. The van der Waals surface area contributed by atoms with Gasteiger partial charge in [0.2, 0.25) is 5.91 Å². The average molecular weight is 480 g/mol. The molecule has 1 fully saturated rings. The van der Waals surface area contributed by atoms with Gasteiger partial charge >= 0.3 is 0 Å². The predicted molar refractivity (Wildman–Crippen MR) is 139 cm³/mol. The van der Waals surface area contributed by atoms with Crippen LogP contribution in [0.25, 0.3) is 16.6 Å². The molecule has 1 saturated carbocycles. The second-order valence-corrected chi connectivity index (χ2v) is 9.94. The number of aromatic nitrogens is 2. The molecule has 1 heterocycles. The summed E-state index contributed by atoms with van der Waals surface area (Å²) in [5.74, 6) is 0.835. The minimum atomic E-state index is -0.345. The molecule has 180 valence electrons. The monoisotopic (exact) mass is 479 g/mol. The van der Waals surface area contributed by atoms with Crippen molar-refractivity contribution in [3.05, 3.63) is 69.2 Å². The van der Waals surface area contributed by atoms with Crippen LogP contribution < -0.4 is 5.56 Å². The van der Waals surface area contributed by atoms with Crippen LogP contribution >= 0.6 is 11.6 Å². The van der Waals surface area contributed by atoms with Crippen LogP contribution in [-0.4, -0.2) is 26.9 Å². The van der Waals surface area contributed by atoms with Crippen molar-refractivity contribution in [1.82, 2.24) is 14.5 Å². The Balaban J connectivity index is 1.86. The van der Waals surface area contributed by atoms with Gasteiger partial charge in [-0.05, 0) is 63.4 Å². The highest BCUT2D eigenvalue weighted by Gasteiger charge is 2.32. The lowest BCUT2D eigenvalue weighted by Gasteiger charge is -2.32. The number of unbranched alkanes of at least 4 members (excludes halogenated alkanes) is 2. The van der Waals surface area contributed by atoms with E-state index in [1.54, 1.807) is 22.8 Å². The topological polar surface area (TPSA) is 55.2 Å². The van der Waals surface area contributed by atoms with E-state index in [1.807, 2.05) is 43.0 Å². The van der Waals surface area contributed by atoms with E-state index in [9.17, 15) is 9.59 Å². The van der Waals surface area contributed by atoms with E-state index in [0.29, 0.717) is 28.3 Å². The molecular formula is C28H34ClN3O2. The second-order valence-electron chi connectivity index (χ2n) is 9.50. The normalized spacial score (nSPS) is 15.1. The van der Waals surface area contributed by atoms with Crippen molar-refractivity contribution >= 4 is 28.4 Å². The number of fused-ring (bicyclic) bond motifs is 1. The minimum absolute atomic E-state index is 0.0681. The average Bonchev–Trinajstić information content (AvgIpc) is 3.37. The van der Waals surface area contributed by atoms with Gasteiger partial charge in [0.1, 0.15) is 5.82 Å². The van der Waals surface area contributed by atoms with Crippen molar-refractivity contribution < 1.29 is 4.79 Å². The summed E-state index contributed by atoms with van der Waals surface area (Å²) in [6.45, 7) is 6.85. The molecule has 34 heavy (non-hydrogen) atoms. The molecule has 0 bridgehead atoms. The first-order valence-corrected chi connectivity index (χ1v) is 12.9. The van der Waals surface area contributed by atoms with Gasteiger partial charge in [-0.2, -0.15) is 0 Å². The predicted octanol–water partition coefficient (Wildman–Crippen LogP) is 6.62. The molecule has 1 aromatic heterocycles. The SMILES string of the molecule is CCCCCN(C(=O)C1CCCC1)C(C)c1nc2cc(Cl)ccc2c(=O)n1-c1ccc(C)cc1. The fourth-order valence-electron chi connectivity index (χ4n) is 4.97.